The minimum atomic E-state index is -0.145. The lowest BCUT2D eigenvalue weighted by molar-refractivity contribution is -0.134. The summed E-state index contributed by atoms with van der Waals surface area (Å²) < 4.78 is 12.3. The lowest BCUT2D eigenvalue weighted by atomic mass is 9.97. The Bertz CT molecular complexity index is 719. The summed E-state index contributed by atoms with van der Waals surface area (Å²) in [6.45, 7) is 2.82. The lowest BCUT2D eigenvalue weighted by Gasteiger charge is -2.34. The molecule has 6 heteroatoms. The molecule has 0 bridgehead atoms. The van der Waals surface area contributed by atoms with E-state index in [9.17, 15) is 4.79 Å². The molecule has 1 aromatic carbocycles. The van der Waals surface area contributed by atoms with Crippen LogP contribution in [0.5, 0.6) is 0 Å². The van der Waals surface area contributed by atoms with Crippen molar-refractivity contribution in [3.8, 4) is 0 Å². The number of rotatable bonds is 3. The maximum atomic E-state index is 12.5. The molecule has 126 valence electrons. The molecule has 24 heavy (non-hydrogen) atoms. The number of likely N-dealkylation sites (tertiary alicyclic amines) is 1. The predicted molar refractivity (Wildman–Crippen MR) is 93.7 cm³/mol. The number of hydrogen-bond acceptors (Lipinski definition) is 5. The van der Waals surface area contributed by atoms with Crippen LogP contribution in [0.4, 0.5) is 0 Å². The van der Waals surface area contributed by atoms with Gasteiger partial charge in [-0.05, 0) is 31.1 Å². The number of benzene rings is 1. The van der Waals surface area contributed by atoms with Gasteiger partial charge in [0.15, 0.2) is 6.29 Å². The SMILES string of the molecule is O=C(/C=C/c1nc2ccccc2s1)N1CCCC(C2OCCO2)C1. The quantitative estimate of drug-likeness (QED) is 0.804. The van der Waals surface area contributed by atoms with Crippen molar-refractivity contribution in [1.29, 1.82) is 0 Å². The van der Waals surface area contributed by atoms with Crippen molar-refractivity contribution in [1.82, 2.24) is 9.88 Å². The van der Waals surface area contributed by atoms with Gasteiger partial charge in [0, 0.05) is 25.1 Å². The summed E-state index contributed by atoms with van der Waals surface area (Å²) in [5.41, 5.74) is 0.975. The lowest BCUT2D eigenvalue weighted by Crippen LogP contribution is -2.43. The number of nitrogens with zero attached hydrogens (tertiary/aromatic N) is 2. The maximum absolute atomic E-state index is 12.5. The largest absolute Gasteiger partial charge is 0.350 e. The van der Waals surface area contributed by atoms with E-state index in [1.807, 2.05) is 35.2 Å². The van der Waals surface area contributed by atoms with Gasteiger partial charge in [-0.25, -0.2) is 4.98 Å². The predicted octanol–water partition coefficient (Wildman–Crippen LogP) is 2.92. The molecule has 1 amide bonds. The second kappa shape index (κ2) is 7.01. The molecule has 2 aliphatic heterocycles. The molecule has 0 aliphatic carbocycles. The van der Waals surface area contributed by atoms with Crippen LogP contribution in [-0.4, -0.2) is 48.4 Å². The molecule has 0 spiro atoms. The van der Waals surface area contributed by atoms with Crippen LogP contribution in [0.25, 0.3) is 16.3 Å². The minimum Gasteiger partial charge on any atom is -0.350 e. The van der Waals surface area contributed by atoms with Crippen LogP contribution in [0.3, 0.4) is 0 Å². The van der Waals surface area contributed by atoms with Gasteiger partial charge in [-0.15, -0.1) is 11.3 Å². The Morgan fingerprint density at radius 1 is 1.29 bits per heavy atom. The zero-order valence-corrected chi connectivity index (χ0v) is 14.2. The van der Waals surface area contributed by atoms with Crippen LogP contribution in [0.2, 0.25) is 0 Å². The molecule has 1 aromatic heterocycles. The number of fused-ring (bicyclic) bond motifs is 1. The molecular weight excluding hydrogens is 324 g/mol. The summed E-state index contributed by atoms with van der Waals surface area (Å²) >= 11 is 1.60. The van der Waals surface area contributed by atoms with Crippen LogP contribution < -0.4 is 0 Å². The van der Waals surface area contributed by atoms with E-state index < -0.39 is 0 Å². The Hall–Kier alpha value is -1.76. The molecular formula is C18H20N2O3S. The first-order valence-electron chi connectivity index (χ1n) is 8.35. The van der Waals surface area contributed by atoms with Crippen molar-refractivity contribution < 1.29 is 14.3 Å². The number of aromatic nitrogens is 1. The highest BCUT2D eigenvalue weighted by Gasteiger charge is 2.32. The third kappa shape index (κ3) is 3.36. The van der Waals surface area contributed by atoms with Crippen molar-refractivity contribution >= 4 is 33.5 Å². The second-order valence-corrected chi connectivity index (χ2v) is 7.21. The molecule has 4 rings (SSSR count). The molecule has 5 nitrogen and oxygen atoms in total. The van der Waals surface area contributed by atoms with Crippen LogP contribution in [0, 0.1) is 5.92 Å². The van der Waals surface area contributed by atoms with E-state index in [0.29, 0.717) is 19.8 Å². The Morgan fingerprint density at radius 2 is 2.12 bits per heavy atom. The molecule has 2 aromatic rings. The van der Waals surface area contributed by atoms with E-state index >= 15 is 0 Å². The van der Waals surface area contributed by atoms with E-state index in [0.717, 1.165) is 34.6 Å². The molecule has 0 saturated carbocycles. The van der Waals surface area contributed by atoms with E-state index in [1.165, 1.54) is 0 Å². The number of piperidine rings is 1. The highest BCUT2D eigenvalue weighted by Crippen LogP contribution is 2.26. The number of para-hydroxylation sites is 1. The number of thiazole rings is 1. The van der Waals surface area contributed by atoms with Crippen LogP contribution >= 0.6 is 11.3 Å². The van der Waals surface area contributed by atoms with Gasteiger partial charge in [-0.1, -0.05) is 12.1 Å². The third-order valence-corrected chi connectivity index (χ3v) is 5.48. The van der Waals surface area contributed by atoms with E-state index in [4.69, 9.17) is 9.47 Å². The van der Waals surface area contributed by atoms with Crippen LogP contribution in [-0.2, 0) is 14.3 Å². The summed E-state index contributed by atoms with van der Waals surface area (Å²) in [5.74, 6) is 0.318. The molecule has 2 fully saturated rings. The monoisotopic (exact) mass is 344 g/mol. The van der Waals surface area contributed by atoms with Crippen molar-refractivity contribution in [2.75, 3.05) is 26.3 Å². The zero-order chi connectivity index (χ0) is 16.4. The van der Waals surface area contributed by atoms with Crippen molar-refractivity contribution in [3.63, 3.8) is 0 Å². The van der Waals surface area contributed by atoms with Crippen molar-refractivity contribution in [3.05, 3.63) is 35.3 Å². The van der Waals surface area contributed by atoms with Gasteiger partial charge in [0.1, 0.15) is 5.01 Å². The van der Waals surface area contributed by atoms with Gasteiger partial charge in [0.2, 0.25) is 5.91 Å². The Morgan fingerprint density at radius 3 is 2.96 bits per heavy atom. The van der Waals surface area contributed by atoms with Gasteiger partial charge in [-0.3, -0.25) is 4.79 Å². The second-order valence-electron chi connectivity index (χ2n) is 6.15. The molecule has 1 atom stereocenters. The van der Waals surface area contributed by atoms with Gasteiger partial charge in [0.05, 0.1) is 23.4 Å². The summed E-state index contributed by atoms with van der Waals surface area (Å²) in [5, 5.41) is 0.862. The number of carbonyl (C=O) groups excluding carboxylic acids is 1. The third-order valence-electron chi connectivity index (χ3n) is 4.48. The highest BCUT2D eigenvalue weighted by atomic mass is 32.1. The summed E-state index contributed by atoms with van der Waals surface area (Å²) in [6, 6.07) is 8.01. The maximum Gasteiger partial charge on any atom is 0.246 e. The number of carbonyl (C=O) groups is 1. The average molecular weight is 344 g/mol. The van der Waals surface area contributed by atoms with Gasteiger partial charge in [-0.2, -0.15) is 0 Å². The van der Waals surface area contributed by atoms with E-state index in [2.05, 4.69) is 4.98 Å². The van der Waals surface area contributed by atoms with E-state index in [1.54, 1.807) is 17.4 Å². The topological polar surface area (TPSA) is 51.7 Å². The molecule has 0 radical (unpaired) electrons. The first-order valence-corrected chi connectivity index (χ1v) is 9.17. The Kier molecular flexibility index (Phi) is 4.60. The van der Waals surface area contributed by atoms with Crippen LogP contribution in [0.1, 0.15) is 17.8 Å². The average Bonchev–Trinajstić information content (AvgIpc) is 3.29. The fourth-order valence-corrected chi connectivity index (χ4v) is 4.16. The molecule has 3 heterocycles. The first kappa shape index (κ1) is 15.7. The van der Waals surface area contributed by atoms with Crippen molar-refractivity contribution in [2.45, 2.75) is 19.1 Å². The van der Waals surface area contributed by atoms with Gasteiger partial charge >= 0.3 is 0 Å². The number of hydrogen-bond donors (Lipinski definition) is 0. The van der Waals surface area contributed by atoms with Gasteiger partial charge in [0.25, 0.3) is 0 Å². The molecule has 0 N–H and O–H groups in total. The molecule has 1 unspecified atom stereocenters. The van der Waals surface area contributed by atoms with Crippen LogP contribution in [0.15, 0.2) is 30.3 Å². The number of amides is 1. The molecule has 2 saturated heterocycles. The fourth-order valence-electron chi connectivity index (χ4n) is 3.29. The van der Waals surface area contributed by atoms with E-state index in [-0.39, 0.29) is 18.1 Å². The fraction of sp³-hybridized carbons (Fsp3) is 0.444. The molecule has 2 aliphatic rings. The minimum absolute atomic E-state index is 0.0388. The normalized spacial score (nSPS) is 22.7. The first-order chi connectivity index (χ1) is 11.8. The smallest absolute Gasteiger partial charge is 0.246 e. The standard InChI is InChI=1S/C18H20N2O3S/c21-17(8-7-16-19-14-5-1-2-6-15(14)24-16)20-9-3-4-13(12-20)18-22-10-11-23-18/h1-2,5-8,13,18H,3-4,9-12H2/b8-7+. The highest BCUT2D eigenvalue weighted by molar-refractivity contribution is 7.19. The number of ether oxygens (including phenoxy) is 2. The summed E-state index contributed by atoms with van der Waals surface area (Å²) in [6.07, 6.45) is 5.36. The zero-order valence-electron chi connectivity index (χ0n) is 13.4. The Labute approximate surface area is 144 Å². The summed E-state index contributed by atoms with van der Waals surface area (Å²) in [4.78, 5) is 18.9. The summed E-state index contributed by atoms with van der Waals surface area (Å²) in [7, 11) is 0. The van der Waals surface area contributed by atoms with Crippen molar-refractivity contribution in [2.24, 2.45) is 5.92 Å². The van der Waals surface area contributed by atoms with Gasteiger partial charge < -0.3 is 14.4 Å². The Balaban J connectivity index is 1.41.